The molecule has 56 valence electrons. The van der Waals surface area contributed by atoms with Gasteiger partial charge in [-0.3, -0.25) is 0 Å². The summed E-state index contributed by atoms with van der Waals surface area (Å²) in [5.41, 5.74) is 0. The zero-order valence-electron chi connectivity index (χ0n) is 6.16. The standard InChI is InChI=1S/C9H14O/c10-8-7-9-5-3-1-2-4-6-9/h1-3,5,9-10H,4,6-8H2. The molecule has 1 rings (SSSR count). The highest BCUT2D eigenvalue weighted by molar-refractivity contribution is 5.07. The largest absolute Gasteiger partial charge is 0.396 e. The van der Waals surface area contributed by atoms with E-state index in [9.17, 15) is 0 Å². The lowest BCUT2D eigenvalue weighted by Crippen LogP contribution is -1.97. The van der Waals surface area contributed by atoms with Gasteiger partial charge < -0.3 is 5.11 Å². The molecular weight excluding hydrogens is 124 g/mol. The highest BCUT2D eigenvalue weighted by atomic mass is 16.3. The summed E-state index contributed by atoms with van der Waals surface area (Å²) in [6, 6.07) is 0. The average Bonchev–Trinajstić information content (AvgIpc) is 2.17. The Balaban J connectivity index is 2.33. The van der Waals surface area contributed by atoms with E-state index in [-0.39, 0.29) is 0 Å². The molecule has 0 amide bonds. The molecule has 0 bridgehead atoms. The Morgan fingerprint density at radius 2 is 2.30 bits per heavy atom. The van der Waals surface area contributed by atoms with Crippen LogP contribution in [-0.2, 0) is 0 Å². The average molecular weight is 138 g/mol. The fourth-order valence-corrected chi connectivity index (χ4v) is 1.21. The second kappa shape index (κ2) is 4.29. The highest BCUT2D eigenvalue weighted by Gasteiger charge is 2.02. The van der Waals surface area contributed by atoms with E-state index in [2.05, 4.69) is 24.3 Å². The lowest BCUT2D eigenvalue weighted by molar-refractivity contribution is 0.267. The third kappa shape index (κ3) is 2.36. The summed E-state index contributed by atoms with van der Waals surface area (Å²) in [7, 11) is 0. The smallest absolute Gasteiger partial charge is 0.0436 e. The van der Waals surface area contributed by atoms with E-state index in [0.717, 1.165) is 12.8 Å². The van der Waals surface area contributed by atoms with Crippen LogP contribution in [-0.4, -0.2) is 11.7 Å². The summed E-state index contributed by atoms with van der Waals surface area (Å²) < 4.78 is 0. The molecule has 0 fully saturated rings. The van der Waals surface area contributed by atoms with Crippen molar-refractivity contribution in [2.75, 3.05) is 6.61 Å². The maximum Gasteiger partial charge on any atom is 0.0436 e. The summed E-state index contributed by atoms with van der Waals surface area (Å²) in [5, 5.41) is 8.66. The van der Waals surface area contributed by atoms with Crippen LogP contribution >= 0.6 is 0 Å². The third-order valence-corrected chi connectivity index (χ3v) is 1.83. The lowest BCUT2D eigenvalue weighted by atomic mass is 10.0. The normalized spacial score (nSPS) is 24.7. The van der Waals surface area contributed by atoms with Crippen molar-refractivity contribution in [1.82, 2.24) is 0 Å². The van der Waals surface area contributed by atoms with Crippen LogP contribution in [0.15, 0.2) is 24.3 Å². The van der Waals surface area contributed by atoms with E-state index in [4.69, 9.17) is 5.11 Å². The van der Waals surface area contributed by atoms with Crippen LogP contribution in [0.25, 0.3) is 0 Å². The molecule has 1 nitrogen and oxygen atoms in total. The van der Waals surface area contributed by atoms with Gasteiger partial charge in [-0.15, -0.1) is 0 Å². The van der Waals surface area contributed by atoms with Crippen molar-refractivity contribution in [3.8, 4) is 0 Å². The van der Waals surface area contributed by atoms with Gasteiger partial charge in [0.2, 0.25) is 0 Å². The summed E-state index contributed by atoms with van der Waals surface area (Å²) >= 11 is 0. The molecule has 1 atom stereocenters. The number of rotatable bonds is 2. The first kappa shape index (κ1) is 7.55. The first-order chi connectivity index (χ1) is 4.93. The van der Waals surface area contributed by atoms with Crippen molar-refractivity contribution < 1.29 is 5.11 Å². The van der Waals surface area contributed by atoms with E-state index >= 15 is 0 Å². The van der Waals surface area contributed by atoms with Gasteiger partial charge in [-0.1, -0.05) is 24.3 Å². The van der Waals surface area contributed by atoms with Gasteiger partial charge in [0.15, 0.2) is 0 Å². The molecule has 0 aromatic heterocycles. The molecule has 0 saturated carbocycles. The molecule has 0 spiro atoms. The first-order valence-electron chi connectivity index (χ1n) is 3.87. The van der Waals surface area contributed by atoms with Crippen molar-refractivity contribution in [2.24, 2.45) is 5.92 Å². The first-order valence-corrected chi connectivity index (χ1v) is 3.87. The fraction of sp³-hybridized carbons (Fsp3) is 0.556. The van der Waals surface area contributed by atoms with Crippen molar-refractivity contribution in [3.05, 3.63) is 24.3 Å². The van der Waals surface area contributed by atoms with Gasteiger partial charge in [0.25, 0.3) is 0 Å². The zero-order chi connectivity index (χ0) is 7.23. The topological polar surface area (TPSA) is 20.2 Å². The third-order valence-electron chi connectivity index (χ3n) is 1.83. The Hall–Kier alpha value is -0.560. The molecule has 0 saturated heterocycles. The fourth-order valence-electron chi connectivity index (χ4n) is 1.21. The van der Waals surface area contributed by atoms with Crippen LogP contribution in [0.3, 0.4) is 0 Å². The summed E-state index contributed by atoms with van der Waals surface area (Å²) in [6.45, 7) is 0.314. The van der Waals surface area contributed by atoms with Crippen molar-refractivity contribution in [3.63, 3.8) is 0 Å². The molecule has 1 N–H and O–H groups in total. The highest BCUT2D eigenvalue weighted by Crippen LogP contribution is 2.15. The van der Waals surface area contributed by atoms with Crippen LogP contribution in [0.4, 0.5) is 0 Å². The van der Waals surface area contributed by atoms with Gasteiger partial charge in [0.1, 0.15) is 0 Å². The van der Waals surface area contributed by atoms with Gasteiger partial charge in [-0.05, 0) is 25.2 Å². The Morgan fingerprint density at radius 3 is 3.10 bits per heavy atom. The van der Waals surface area contributed by atoms with E-state index in [1.807, 2.05) is 0 Å². The summed E-state index contributed by atoms with van der Waals surface area (Å²) in [6.07, 6.45) is 11.8. The SMILES string of the molecule is OCCC1C=CC=CCC1. The molecule has 1 heteroatoms. The Morgan fingerprint density at radius 1 is 1.40 bits per heavy atom. The predicted octanol–water partition coefficient (Wildman–Crippen LogP) is 1.89. The summed E-state index contributed by atoms with van der Waals surface area (Å²) in [4.78, 5) is 0. The molecule has 0 aromatic carbocycles. The van der Waals surface area contributed by atoms with Crippen molar-refractivity contribution >= 4 is 0 Å². The number of allylic oxidation sites excluding steroid dienone is 4. The Labute approximate surface area is 62.1 Å². The van der Waals surface area contributed by atoms with Gasteiger partial charge in [0.05, 0.1) is 0 Å². The maximum absolute atomic E-state index is 8.66. The van der Waals surface area contributed by atoms with Crippen LogP contribution in [0.5, 0.6) is 0 Å². The van der Waals surface area contributed by atoms with Crippen LogP contribution < -0.4 is 0 Å². The minimum absolute atomic E-state index is 0.314. The maximum atomic E-state index is 8.66. The monoisotopic (exact) mass is 138 g/mol. The lowest BCUT2D eigenvalue weighted by Gasteiger charge is -2.06. The number of hydrogen-bond donors (Lipinski definition) is 1. The number of hydrogen-bond acceptors (Lipinski definition) is 1. The van der Waals surface area contributed by atoms with Gasteiger partial charge in [-0.25, -0.2) is 0 Å². The Kier molecular flexibility index (Phi) is 3.23. The van der Waals surface area contributed by atoms with Crippen LogP contribution in [0.2, 0.25) is 0 Å². The van der Waals surface area contributed by atoms with Crippen molar-refractivity contribution in [2.45, 2.75) is 19.3 Å². The van der Waals surface area contributed by atoms with E-state index in [1.54, 1.807) is 0 Å². The van der Waals surface area contributed by atoms with E-state index in [0.29, 0.717) is 12.5 Å². The minimum Gasteiger partial charge on any atom is -0.396 e. The zero-order valence-corrected chi connectivity index (χ0v) is 6.16. The molecule has 1 aliphatic carbocycles. The van der Waals surface area contributed by atoms with Gasteiger partial charge in [-0.2, -0.15) is 0 Å². The molecule has 0 radical (unpaired) electrons. The van der Waals surface area contributed by atoms with Crippen LogP contribution in [0, 0.1) is 5.92 Å². The molecule has 0 aromatic rings. The quantitative estimate of drug-likeness (QED) is 0.617. The molecule has 0 aliphatic heterocycles. The molecule has 0 heterocycles. The van der Waals surface area contributed by atoms with E-state index < -0.39 is 0 Å². The second-order valence-corrected chi connectivity index (χ2v) is 2.66. The van der Waals surface area contributed by atoms with Crippen molar-refractivity contribution in [1.29, 1.82) is 0 Å². The number of aliphatic hydroxyl groups excluding tert-OH is 1. The predicted molar refractivity (Wildman–Crippen MR) is 42.7 cm³/mol. The second-order valence-electron chi connectivity index (χ2n) is 2.66. The van der Waals surface area contributed by atoms with Crippen LogP contribution in [0.1, 0.15) is 19.3 Å². The molecule has 1 aliphatic rings. The number of aliphatic hydroxyl groups is 1. The Bertz CT molecular complexity index is 136. The molecule has 1 unspecified atom stereocenters. The summed E-state index contributed by atoms with van der Waals surface area (Å²) in [5.74, 6) is 0.597. The minimum atomic E-state index is 0.314. The van der Waals surface area contributed by atoms with E-state index in [1.165, 1.54) is 6.42 Å². The van der Waals surface area contributed by atoms with Gasteiger partial charge >= 0.3 is 0 Å². The molecule has 10 heavy (non-hydrogen) atoms. The van der Waals surface area contributed by atoms with Gasteiger partial charge in [0, 0.05) is 6.61 Å². The molecular formula is C9H14O.